The quantitative estimate of drug-likeness (QED) is 0.387. The van der Waals surface area contributed by atoms with Gasteiger partial charge in [-0.2, -0.15) is 37.3 Å². The van der Waals surface area contributed by atoms with Gasteiger partial charge in [-0.1, -0.05) is 57.4 Å². The second kappa shape index (κ2) is 13.5. The van der Waals surface area contributed by atoms with Crippen LogP contribution in [-0.2, 0) is 26.2 Å². The number of hydrogen-bond donors (Lipinski definition) is 0. The fourth-order valence-electron chi connectivity index (χ4n) is 4.61. The van der Waals surface area contributed by atoms with Gasteiger partial charge in [-0.05, 0) is 12.1 Å². The molecule has 0 saturated heterocycles. The normalized spacial score (nSPS) is 31.1. The van der Waals surface area contributed by atoms with Gasteiger partial charge in [0.1, 0.15) is 0 Å². The van der Waals surface area contributed by atoms with Crippen molar-refractivity contribution < 1.29 is 13.1 Å². The summed E-state index contributed by atoms with van der Waals surface area (Å²) < 4.78 is 0. The summed E-state index contributed by atoms with van der Waals surface area (Å²) in [5, 5.41) is 19.9. The zero-order chi connectivity index (χ0) is 20.3. The van der Waals surface area contributed by atoms with Gasteiger partial charge in [0.05, 0.1) is 0 Å². The Balaban J connectivity index is 0.000000755. The number of aromatic nitrogens is 1. The molecule has 165 valence electrons. The smallest absolute Gasteiger partial charge is 0.0201 e. The molecule has 1 aromatic rings. The van der Waals surface area contributed by atoms with Crippen molar-refractivity contribution in [2.24, 2.45) is 0 Å². The molecular weight excluding hydrogens is 448 g/mol. The molecular formula is C21H31Cl2MnN5-4. The van der Waals surface area contributed by atoms with Gasteiger partial charge < -0.3 is 21.3 Å². The Hall–Kier alpha value is 0.0895. The van der Waals surface area contributed by atoms with Crippen molar-refractivity contribution in [1.29, 1.82) is 0 Å². The third kappa shape index (κ3) is 7.93. The molecule has 5 nitrogen and oxygen atoms in total. The number of halogens is 2. The molecule has 0 radical (unpaired) electrons. The molecule has 4 rings (SSSR count). The first-order valence-corrected chi connectivity index (χ1v) is 14.0. The molecule has 4 unspecified atom stereocenters. The number of pyridine rings is 1. The van der Waals surface area contributed by atoms with E-state index in [-0.39, 0.29) is 13.1 Å². The fourth-order valence-corrected chi connectivity index (χ4v) is 4.61. The molecule has 2 heterocycles. The van der Waals surface area contributed by atoms with Crippen LogP contribution in [0.3, 0.4) is 0 Å². The summed E-state index contributed by atoms with van der Waals surface area (Å²) in [6.07, 6.45) is 9.84. The van der Waals surface area contributed by atoms with E-state index in [1.807, 2.05) is 0 Å². The van der Waals surface area contributed by atoms with E-state index in [2.05, 4.69) is 18.2 Å². The average Bonchev–Trinajstić information content (AvgIpc) is 2.76. The number of rotatable bonds is 0. The van der Waals surface area contributed by atoms with Crippen molar-refractivity contribution in [3.63, 3.8) is 0 Å². The summed E-state index contributed by atoms with van der Waals surface area (Å²) in [5.74, 6) is 0. The van der Waals surface area contributed by atoms with Crippen LogP contribution in [0.1, 0.15) is 62.8 Å². The van der Waals surface area contributed by atoms with Crippen molar-refractivity contribution in [2.45, 2.75) is 88.6 Å². The second-order valence-corrected chi connectivity index (χ2v) is 9.96. The summed E-state index contributed by atoms with van der Waals surface area (Å²) in [5.41, 5.74) is 2.14. The van der Waals surface area contributed by atoms with Gasteiger partial charge in [-0.3, -0.25) is 4.98 Å². The average molecular weight is 479 g/mol. The van der Waals surface area contributed by atoms with Crippen molar-refractivity contribution in [2.75, 3.05) is 13.1 Å². The minimum absolute atomic E-state index is 0.00694. The van der Waals surface area contributed by atoms with Crippen LogP contribution in [0.4, 0.5) is 0 Å². The van der Waals surface area contributed by atoms with Crippen LogP contribution in [0.25, 0.3) is 21.3 Å². The molecule has 4 atom stereocenters. The van der Waals surface area contributed by atoms with E-state index in [1.165, 1.54) is 51.4 Å². The van der Waals surface area contributed by atoms with Gasteiger partial charge in [-0.15, -0.1) is 13.1 Å². The zero-order valence-corrected chi connectivity index (χ0v) is 19.6. The molecule has 2 aliphatic carbocycles. The van der Waals surface area contributed by atoms with E-state index >= 15 is 0 Å². The second-order valence-electron chi connectivity index (χ2n) is 8.01. The molecule has 29 heavy (non-hydrogen) atoms. The Morgan fingerprint density at radius 3 is 1.48 bits per heavy atom. The summed E-state index contributed by atoms with van der Waals surface area (Å²) >= 11 is 0.00694. The third-order valence-corrected chi connectivity index (χ3v) is 6.06. The van der Waals surface area contributed by atoms with Crippen LogP contribution in [0.15, 0.2) is 18.2 Å². The Bertz CT molecular complexity index is 549. The van der Waals surface area contributed by atoms with Crippen LogP contribution >= 0.6 is 20.2 Å². The molecule has 0 amide bonds. The van der Waals surface area contributed by atoms with Crippen molar-refractivity contribution in [1.82, 2.24) is 4.98 Å². The molecule has 0 spiro atoms. The van der Waals surface area contributed by atoms with Crippen LogP contribution in [0, 0.1) is 0 Å². The standard InChI is InChI=1S/C21H31N5.2ClH.Mn/c1-3-10-20-18(8-1)22-12-13-23-19-9-2-4-11-21(19)25-15-17-7-5-6-16(26-17)14-24-20;;;/h5-7,18-21H,1-4,8-15H2;2*1H;/q-4;;;+2/p-2. The molecule has 0 N–H and O–H groups in total. The molecule has 2 bridgehead atoms. The van der Waals surface area contributed by atoms with Gasteiger partial charge >= 0.3 is 33.3 Å². The van der Waals surface area contributed by atoms with Gasteiger partial charge in [0.15, 0.2) is 0 Å². The first kappa shape index (κ1) is 23.7. The molecule has 0 aromatic carbocycles. The maximum absolute atomic E-state index is 4.99. The SMILES string of the molecule is [Cl][Mn][Cl].c1cc2nc(c1)C[N-]C1CCCCC1[N-]CC[N-]C1CCCCC1[N-]C2. The first-order valence-electron chi connectivity index (χ1n) is 10.8. The van der Waals surface area contributed by atoms with E-state index in [0.29, 0.717) is 37.3 Å². The van der Waals surface area contributed by atoms with Gasteiger partial charge in [0.2, 0.25) is 0 Å². The fraction of sp³-hybridized carbons (Fsp3) is 0.762. The minimum atomic E-state index is 0.00694. The number of hydrogen-bond acceptors (Lipinski definition) is 1. The zero-order valence-electron chi connectivity index (χ0n) is 16.9. The van der Waals surface area contributed by atoms with E-state index in [4.69, 9.17) is 46.4 Å². The Kier molecular flexibility index (Phi) is 11.0. The summed E-state index contributed by atoms with van der Waals surface area (Å²) in [4.78, 5) is 4.81. The Morgan fingerprint density at radius 1 is 0.690 bits per heavy atom. The maximum atomic E-state index is 4.99. The predicted octanol–water partition coefficient (Wildman–Crippen LogP) is 6.59. The summed E-state index contributed by atoms with van der Waals surface area (Å²) in [6, 6.07) is 7.81. The van der Waals surface area contributed by atoms with Crippen molar-refractivity contribution in [3.05, 3.63) is 50.9 Å². The summed E-state index contributed by atoms with van der Waals surface area (Å²) in [7, 11) is 9.59. The molecule has 3 aliphatic rings. The van der Waals surface area contributed by atoms with E-state index < -0.39 is 0 Å². The molecule has 8 heteroatoms. The van der Waals surface area contributed by atoms with E-state index in [1.54, 1.807) is 0 Å². The topological polar surface area (TPSA) is 69.3 Å². The van der Waals surface area contributed by atoms with Crippen LogP contribution in [0.2, 0.25) is 0 Å². The molecule has 1 aliphatic heterocycles. The van der Waals surface area contributed by atoms with Crippen LogP contribution in [0.5, 0.6) is 0 Å². The predicted molar refractivity (Wildman–Crippen MR) is 119 cm³/mol. The number of fused-ring (bicyclic) bond motifs is 4. The third-order valence-electron chi connectivity index (χ3n) is 6.06. The van der Waals surface area contributed by atoms with Crippen LogP contribution in [-0.4, -0.2) is 42.2 Å². The monoisotopic (exact) mass is 478 g/mol. The van der Waals surface area contributed by atoms with Crippen molar-refractivity contribution in [3.8, 4) is 0 Å². The molecule has 2 fully saturated rings. The largest absolute Gasteiger partial charge is 0.662 e. The van der Waals surface area contributed by atoms with Gasteiger partial charge in [0, 0.05) is 11.4 Å². The van der Waals surface area contributed by atoms with E-state index in [0.717, 1.165) is 24.5 Å². The maximum Gasteiger partial charge on any atom is 0.0201 e. The molecule has 2 saturated carbocycles. The van der Waals surface area contributed by atoms with E-state index in [9.17, 15) is 0 Å². The Labute approximate surface area is 190 Å². The number of nitrogens with zero attached hydrogens (tertiary/aromatic N) is 5. The minimum Gasteiger partial charge on any atom is -0.662 e. The van der Waals surface area contributed by atoms with Crippen molar-refractivity contribution >= 4 is 20.2 Å². The van der Waals surface area contributed by atoms with Gasteiger partial charge in [-0.25, -0.2) is 0 Å². The first-order chi connectivity index (χ1) is 14.3. The molecule has 1 aromatic heterocycles. The summed E-state index contributed by atoms with van der Waals surface area (Å²) in [6.45, 7) is 3.12. The van der Waals surface area contributed by atoms with Gasteiger partial charge in [0.25, 0.3) is 0 Å². The Morgan fingerprint density at radius 2 is 1.07 bits per heavy atom. The van der Waals surface area contributed by atoms with Crippen LogP contribution < -0.4 is 0 Å².